The molecule has 0 saturated carbocycles. The maximum absolute atomic E-state index is 11.5. The van der Waals surface area contributed by atoms with E-state index in [2.05, 4.69) is 32.9 Å². The van der Waals surface area contributed by atoms with E-state index in [1.165, 1.54) is 11.1 Å². The van der Waals surface area contributed by atoms with Gasteiger partial charge in [-0.05, 0) is 53.4 Å². The lowest BCUT2D eigenvalue weighted by atomic mass is 10.1. The highest BCUT2D eigenvalue weighted by molar-refractivity contribution is 7.77. The van der Waals surface area contributed by atoms with Gasteiger partial charge in [0.25, 0.3) is 0 Å². The van der Waals surface area contributed by atoms with Crippen LogP contribution < -0.4 is 0 Å². The van der Waals surface area contributed by atoms with Crippen molar-refractivity contribution >= 4 is 21.8 Å². The average Bonchev–Trinajstić information content (AvgIpc) is 2.45. The van der Waals surface area contributed by atoms with Crippen molar-refractivity contribution in [2.24, 2.45) is 0 Å². The topological polar surface area (TPSA) is 94.8 Å². The van der Waals surface area contributed by atoms with Crippen LogP contribution >= 0.6 is 15.7 Å². The van der Waals surface area contributed by atoms with Crippen LogP contribution in [0.15, 0.2) is 34.9 Å². The summed E-state index contributed by atoms with van der Waals surface area (Å²) in [6.45, 7) is 8.16. The van der Waals surface area contributed by atoms with Gasteiger partial charge in [-0.3, -0.25) is 0 Å². The van der Waals surface area contributed by atoms with Crippen molar-refractivity contribution in [2.45, 2.75) is 65.2 Å². The van der Waals surface area contributed by atoms with Gasteiger partial charge in [0.15, 0.2) is 0 Å². The highest BCUT2D eigenvalue weighted by atomic mass is 31.2. The SMILES string of the molecule is CC(C)=CCCC(C)=CCCC(C)=CCC([P+](=O)C=O)[P+](O)(O)O. The second kappa shape index (κ2) is 11.8. The summed E-state index contributed by atoms with van der Waals surface area (Å²) in [4.78, 5) is 38.5. The first-order chi connectivity index (χ1) is 11.1. The smallest absolute Gasteiger partial charge is 0.244 e. The standard InChI is InChI=1S/C17H30O5P2/c1-14(2)7-5-8-15(3)9-6-10-16(4)11-12-17(23(19)13-18)24(20,21)22/h7,9,11,13,17,20-22H,5-6,8,10,12H2,1-4H3/q+2. The zero-order valence-corrected chi connectivity index (χ0v) is 16.8. The minimum atomic E-state index is -4.29. The van der Waals surface area contributed by atoms with E-state index in [4.69, 9.17) is 0 Å². The molecule has 0 heterocycles. The van der Waals surface area contributed by atoms with E-state index in [1.807, 2.05) is 6.92 Å². The zero-order chi connectivity index (χ0) is 18.8. The molecule has 136 valence electrons. The van der Waals surface area contributed by atoms with E-state index >= 15 is 0 Å². The van der Waals surface area contributed by atoms with Gasteiger partial charge in [-0.2, -0.15) is 14.7 Å². The third-order valence-corrected chi connectivity index (χ3v) is 7.23. The van der Waals surface area contributed by atoms with E-state index in [0.29, 0.717) is 0 Å². The molecule has 7 heteroatoms. The van der Waals surface area contributed by atoms with Gasteiger partial charge in [-0.15, -0.1) is 0 Å². The van der Waals surface area contributed by atoms with Crippen molar-refractivity contribution in [1.29, 1.82) is 0 Å². The molecule has 0 bridgehead atoms. The summed E-state index contributed by atoms with van der Waals surface area (Å²) in [5, 5.41) is -1.30. The van der Waals surface area contributed by atoms with Crippen molar-refractivity contribution in [1.82, 2.24) is 0 Å². The molecule has 0 aliphatic rings. The Labute approximate surface area is 146 Å². The van der Waals surface area contributed by atoms with Gasteiger partial charge in [-0.1, -0.05) is 39.5 Å². The first-order valence-electron chi connectivity index (χ1n) is 8.00. The van der Waals surface area contributed by atoms with Crippen LogP contribution in [0.5, 0.6) is 0 Å². The van der Waals surface area contributed by atoms with Crippen molar-refractivity contribution < 1.29 is 24.0 Å². The molecule has 0 aromatic heterocycles. The lowest BCUT2D eigenvalue weighted by Crippen LogP contribution is -2.08. The number of carbonyl (C=O) groups excluding carboxylic acids is 1. The molecule has 2 atom stereocenters. The molecule has 0 aromatic rings. The maximum atomic E-state index is 11.5. The molecule has 0 radical (unpaired) electrons. The molecular weight excluding hydrogens is 346 g/mol. The minimum absolute atomic E-state index is 0.0142. The molecule has 0 spiro atoms. The van der Waals surface area contributed by atoms with Gasteiger partial charge in [0.2, 0.25) is 0 Å². The normalized spacial score (nSPS) is 15.0. The van der Waals surface area contributed by atoms with Crippen LogP contribution in [0, 0.1) is 0 Å². The van der Waals surface area contributed by atoms with Gasteiger partial charge in [0, 0.05) is 0 Å². The fourth-order valence-electron chi connectivity index (χ4n) is 2.11. The largest absolute Gasteiger partial charge is 0.463 e. The molecule has 0 aliphatic heterocycles. The maximum Gasteiger partial charge on any atom is 0.463 e. The molecule has 0 amide bonds. The Balaban J connectivity index is 4.47. The Bertz CT molecular complexity index is 512. The van der Waals surface area contributed by atoms with E-state index in [0.717, 1.165) is 31.3 Å². The van der Waals surface area contributed by atoms with Gasteiger partial charge in [0.05, 0.1) is 6.42 Å². The second-order valence-corrected chi connectivity index (χ2v) is 10.1. The molecule has 0 aromatic carbocycles. The van der Waals surface area contributed by atoms with E-state index in [-0.39, 0.29) is 12.4 Å². The highest BCUT2D eigenvalue weighted by Crippen LogP contribution is 2.60. The average molecular weight is 376 g/mol. The number of rotatable bonds is 11. The third-order valence-electron chi connectivity index (χ3n) is 3.60. The van der Waals surface area contributed by atoms with Crippen LogP contribution in [0.1, 0.15) is 59.8 Å². The lowest BCUT2D eigenvalue weighted by Gasteiger charge is -2.06. The Morgan fingerprint density at radius 1 is 0.958 bits per heavy atom. The van der Waals surface area contributed by atoms with E-state index in [1.54, 1.807) is 6.08 Å². The van der Waals surface area contributed by atoms with Gasteiger partial charge >= 0.3 is 27.2 Å². The van der Waals surface area contributed by atoms with Crippen LogP contribution in [0.25, 0.3) is 0 Å². The summed E-state index contributed by atoms with van der Waals surface area (Å²) in [5.41, 5.74) is 3.64. The fourth-order valence-corrected chi connectivity index (χ4v) is 4.34. The highest BCUT2D eigenvalue weighted by Gasteiger charge is 2.55. The zero-order valence-electron chi connectivity index (χ0n) is 15.0. The summed E-state index contributed by atoms with van der Waals surface area (Å²) >= 11 is 0. The van der Waals surface area contributed by atoms with Gasteiger partial charge in [-0.25, -0.2) is 4.79 Å². The Morgan fingerprint density at radius 3 is 1.92 bits per heavy atom. The summed E-state index contributed by atoms with van der Waals surface area (Å²) in [7, 11) is -6.78. The van der Waals surface area contributed by atoms with Crippen molar-refractivity contribution in [2.75, 3.05) is 0 Å². The molecule has 0 fully saturated rings. The van der Waals surface area contributed by atoms with Crippen molar-refractivity contribution in [3.63, 3.8) is 0 Å². The summed E-state index contributed by atoms with van der Waals surface area (Å²) in [6, 6.07) is 0.166. The van der Waals surface area contributed by atoms with Gasteiger partial charge < -0.3 is 0 Å². The van der Waals surface area contributed by atoms with Crippen LogP contribution in [-0.4, -0.2) is 26.1 Å². The summed E-state index contributed by atoms with van der Waals surface area (Å²) < 4.78 is 11.5. The molecule has 0 saturated heterocycles. The third kappa shape index (κ3) is 11.0. The Morgan fingerprint density at radius 2 is 1.46 bits per heavy atom. The number of carbonyl (C=O) groups is 1. The molecule has 3 N–H and O–H groups in total. The second-order valence-electron chi connectivity index (χ2n) is 6.26. The number of allylic oxidation sites excluding steroid dienone is 6. The van der Waals surface area contributed by atoms with Gasteiger partial charge in [0.1, 0.15) is 0 Å². The molecule has 5 nitrogen and oxygen atoms in total. The molecule has 0 rings (SSSR count). The van der Waals surface area contributed by atoms with E-state index in [9.17, 15) is 24.0 Å². The molecule has 24 heavy (non-hydrogen) atoms. The van der Waals surface area contributed by atoms with E-state index < -0.39 is 21.1 Å². The van der Waals surface area contributed by atoms with Crippen LogP contribution in [-0.2, 0) is 9.36 Å². The van der Waals surface area contributed by atoms with Crippen molar-refractivity contribution in [3.8, 4) is 0 Å². The number of hydrogen-bond donors (Lipinski definition) is 3. The first-order valence-corrected chi connectivity index (χ1v) is 11.1. The lowest BCUT2D eigenvalue weighted by molar-refractivity contribution is 0.326. The van der Waals surface area contributed by atoms with Crippen LogP contribution in [0.4, 0.5) is 0 Å². The monoisotopic (exact) mass is 376 g/mol. The van der Waals surface area contributed by atoms with Crippen LogP contribution in [0.3, 0.4) is 0 Å². The summed E-state index contributed by atoms with van der Waals surface area (Å²) in [6.07, 6.45) is 9.85. The predicted molar refractivity (Wildman–Crippen MR) is 102 cm³/mol. The first kappa shape index (κ1) is 23.3. The predicted octanol–water partition coefficient (Wildman–Crippen LogP) is 4.88. The summed E-state index contributed by atoms with van der Waals surface area (Å²) in [5.74, 6) is 0. The Hall–Kier alpha value is -0.700. The minimum Gasteiger partial charge on any atom is -0.244 e. The number of hydrogen-bond acceptors (Lipinski definition) is 5. The Kier molecular flexibility index (Phi) is 11.4. The van der Waals surface area contributed by atoms with Crippen LogP contribution in [0.2, 0.25) is 0 Å². The molecule has 0 aliphatic carbocycles. The molecular formula is C17H30O5P2+2. The van der Waals surface area contributed by atoms with Crippen molar-refractivity contribution in [3.05, 3.63) is 34.9 Å². The molecule has 2 unspecified atom stereocenters. The quantitative estimate of drug-likeness (QED) is 0.271. The fraction of sp³-hybridized carbons (Fsp3) is 0.588.